The van der Waals surface area contributed by atoms with E-state index < -0.39 is 0 Å². The highest BCUT2D eigenvalue weighted by atomic mass is 79.9. The van der Waals surface area contributed by atoms with Crippen molar-refractivity contribution < 1.29 is 4.74 Å². The molecule has 0 bridgehead atoms. The molecule has 0 spiro atoms. The largest absolute Gasteiger partial charge is 0.496 e. The summed E-state index contributed by atoms with van der Waals surface area (Å²) >= 11 is 3.57. The number of benzene rings is 2. The van der Waals surface area contributed by atoms with Crippen LogP contribution in [0.15, 0.2) is 53.0 Å². The topological polar surface area (TPSA) is 21.3 Å². The van der Waals surface area contributed by atoms with Crippen LogP contribution in [0.3, 0.4) is 0 Å². The summed E-state index contributed by atoms with van der Waals surface area (Å²) in [5.41, 5.74) is 2.68. The maximum atomic E-state index is 5.54. The van der Waals surface area contributed by atoms with Gasteiger partial charge >= 0.3 is 0 Å². The number of methoxy groups -OCH3 is 1. The lowest BCUT2D eigenvalue weighted by Crippen LogP contribution is -2.20. The molecule has 1 N–H and O–H groups in total. The van der Waals surface area contributed by atoms with E-state index in [0.717, 1.165) is 10.2 Å². The zero-order chi connectivity index (χ0) is 14.8. The van der Waals surface area contributed by atoms with Gasteiger partial charge in [0.05, 0.1) is 7.11 Å². The molecule has 0 aliphatic heterocycles. The molecule has 2 nitrogen and oxygen atoms in total. The van der Waals surface area contributed by atoms with E-state index in [2.05, 4.69) is 57.6 Å². The van der Waals surface area contributed by atoms with Gasteiger partial charge in [0.25, 0.3) is 0 Å². The monoisotopic (exact) mass is 345 g/mol. The summed E-state index contributed by atoms with van der Waals surface area (Å²) in [6.07, 6.45) is 1.23. The molecule has 1 aliphatic carbocycles. The highest BCUT2D eigenvalue weighted by Crippen LogP contribution is 2.55. The molecular weight excluding hydrogens is 326 g/mol. The minimum absolute atomic E-state index is 0.322. The van der Waals surface area contributed by atoms with Crippen LogP contribution in [0.4, 0.5) is 0 Å². The molecule has 1 saturated carbocycles. The Bertz CT molecular complexity index is 614. The predicted molar refractivity (Wildman–Crippen MR) is 89.8 cm³/mol. The van der Waals surface area contributed by atoms with E-state index in [1.807, 2.05) is 19.2 Å². The second kappa shape index (κ2) is 6.20. The van der Waals surface area contributed by atoms with Crippen molar-refractivity contribution >= 4 is 15.9 Å². The first-order valence-electron chi connectivity index (χ1n) is 7.30. The van der Waals surface area contributed by atoms with Gasteiger partial charge in [0, 0.05) is 16.1 Å². The van der Waals surface area contributed by atoms with Crippen LogP contribution < -0.4 is 10.1 Å². The van der Waals surface area contributed by atoms with E-state index in [9.17, 15) is 0 Å². The van der Waals surface area contributed by atoms with Crippen LogP contribution in [0, 0.1) is 5.92 Å². The van der Waals surface area contributed by atoms with Gasteiger partial charge in [-0.2, -0.15) is 0 Å². The number of hydrogen-bond donors (Lipinski definition) is 1. The Morgan fingerprint density at radius 2 is 1.95 bits per heavy atom. The van der Waals surface area contributed by atoms with Gasteiger partial charge in [0.1, 0.15) is 5.75 Å². The first kappa shape index (κ1) is 14.6. The van der Waals surface area contributed by atoms with Crippen LogP contribution in [0.25, 0.3) is 0 Å². The third-order valence-corrected chi connectivity index (χ3v) is 4.83. The molecule has 2 aromatic carbocycles. The van der Waals surface area contributed by atoms with Crippen LogP contribution in [-0.4, -0.2) is 14.2 Å². The van der Waals surface area contributed by atoms with Crippen molar-refractivity contribution in [1.82, 2.24) is 5.32 Å². The van der Waals surface area contributed by atoms with Gasteiger partial charge in [-0.15, -0.1) is 0 Å². The summed E-state index contributed by atoms with van der Waals surface area (Å²) in [5, 5.41) is 3.48. The number of hydrogen-bond acceptors (Lipinski definition) is 2. The molecule has 21 heavy (non-hydrogen) atoms. The molecule has 1 fully saturated rings. The lowest BCUT2D eigenvalue weighted by Gasteiger charge is -2.20. The summed E-state index contributed by atoms with van der Waals surface area (Å²) in [6.45, 7) is 0. The second-order valence-electron chi connectivity index (χ2n) is 5.57. The van der Waals surface area contributed by atoms with E-state index in [1.54, 1.807) is 7.11 Å². The molecule has 0 radical (unpaired) electrons. The molecule has 0 saturated heterocycles. The van der Waals surface area contributed by atoms with Gasteiger partial charge in [-0.3, -0.25) is 0 Å². The predicted octanol–water partition coefficient (Wildman–Crippen LogP) is 4.52. The number of rotatable bonds is 5. The Morgan fingerprint density at radius 3 is 2.62 bits per heavy atom. The van der Waals surface area contributed by atoms with Gasteiger partial charge in [0.15, 0.2) is 0 Å². The molecule has 3 rings (SSSR count). The maximum absolute atomic E-state index is 5.54. The molecule has 0 heterocycles. The van der Waals surface area contributed by atoms with Gasteiger partial charge in [-0.05, 0) is 49.1 Å². The van der Waals surface area contributed by atoms with Crippen LogP contribution in [0.1, 0.15) is 29.5 Å². The molecule has 110 valence electrons. The molecule has 1 aliphatic rings. The SMILES string of the molecule is CNC(c1cc(Br)ccc1OC)C1CC1c1ccccc1. The highest BCUT2D eigenvalue weighted by Gasteiger charge is 2.44. The zero-order valence-electron chi connectivity index (χ0n) is 12.3. The van der Waals surface area contributed by atoms with Crippen LogP contribution in [0.2, 0.25) is 0 Å². The van der Waals surface area contributed by atoms with E-state index in [-0.39, 0.29) is 0 Å². The van der Waals surface area contributed by atoms with Crippen molar-refractivity contribution in [2.24, 2.45) is 5.92 Å². The van der Waals surface area contributed by atoms with Crippen LogP contribution in [0.5, 0.6) is 5.75 Å². The fraction of sp³-hybridized carbons (Fsp3) is 0.333. The van der Waals surface area contributed by atoms with Crippen molar-refractivity contribution in [3.05, 3.63) is 64.1 Å². The number of halogens is 1. The molecule has 2 aromatic rings. The first-order chi connectivity index (χ1) is 10.2. The third-order valence-electron chi connectivity index (χ3n) is 4.33. The number of ether oxygens (including phenoxy) is 1. The average Bonchev–Trinajstić information content (AvgIpc) is 3.30. The van der Waals surface area contributed by atoms with Crippen molar-refractivity contribution in [2.75, 3.05) is 14.2 Å². The standard InChI is InChI=1S/C18H20BrNO/c1-20-18(16-10-13(19)8-9-17(16)21-2)15-11-14(15)12-6-4-3-5-7-12/h3-10,14-15,18,20H,11H2,1-2H3. The van der Waals surface area contributed by atoms with E-state index in [1.165, 1.54) is 17.5 Å². The first-order valence-corrected chi connectivity index (χ1v) is 8.09. The Hall–Kier alpha value is -1.32. The van der Waals surface area contributed by atoms with E-state index in [0.29, 0.717) is 17.9 Å². The highest BCUT2D eigenvalue weighted by molar-refractivity contribution is 9.10. The lowest BCUT2D eigenvalue weighted by atomic mass is 9.98. The van der Waals surface area contributed by atoms with Gasteiger partial charge in [-0.25, -0.2) is 0 Å². The summed E-state index contributed by atoms with van der Waals surface area (Å²) in [5.74, 6) is 2.23. The normalized spacial score (nSPS) is 21.9. The Kier molecular flexibility index (Phi) is 4.32. The molecule has 0 aromatic heterocycles. The zero-order valence-corrected chi connectivity index (χ0v) is 13.9. The minimum atomic E-state index is 0.322. The summed E-state index contributed by atoms with van der Waals surface area (Å²) in [7, 11) is 3.77. The summed E-state index contributed by atoms with van der Waals surface area (Å²) < 4.78 is 6.63. The summed E-state index contributed by atoms with van der Waals surface area (Å²) in [4.78, 5) is 0. The van der Waals surface area contributed by atoms with Crippen molar-refractivity contribution in [1.29, 1.82) is 0 Å². The summed E-state index contributed by atoms with van der Waals surface area (Å²) in [6, 6.07) is 17.3. The molecule has 0 amide bonds. The third kappa shape index (κ3) is 2.99. The van der Waals surface area contributed by atoms with Gasteiger partial charge < -0.3 is 10.1 Å². The van der Waals surface area contributed by atoms with Crippen molar-refractivity contribution in [3.63, 3.8) is 0 Å². The van der Waals surface area contributed by atoms with Crippen LogP contribution >= 0.6 is 15.9 Å². The van der Waals surface area contributed by atoms with Gasteiger partial charge in [-0.1, -0.05) is 46.3 Å². The average molecular weight is 346 g/mol. The quantitative estimate of drug-likeness (QED) is 0.859. The Labute approximate surface area is 134 Å². The van der Waals surface area contributed by atoms with Gasteiger partial charge in [0.2, 0.25) is 0 Å². The molecule has 3 heteroatoms. The van der Waals surface area contributed by atoms with E-state index >= 15 is 0 Å². The van der Waals surface area contributed by atoms with E-state index in [4.69, 9.17) is 4.74 Å². The van der Waals surface area contributed by atoms with Crippen LogP contribution in [-0.2, 0) is 0 Å². The smallest absolute Gasteiger partial charge is 0.123 e. The maximum Gasteiger partial charge on any atom is 0.123 e. The molecule has 3 atom stereocenters. The molecular formula is C18H20BrNO. The van der Waals surface area contributed by atoms with Crippen molar-refractivity contribution in [3.8, 4) is 5.75 Å². The fourth-order valence-corrected chi connectivity index (χ4v) is 3.59. The Balaban J connectivity index is 1.86. The van der Waals surface area contributed by atoms with Crippen molar-refractivity contribution in [2.45, 2.75) is 18.4 Å². The fourth-order valence-electron chi connectivity index (χ4n) is 3.22. The second-order valence-corrected chi connectivity index (χ2v) is 6.49. The molecule has 3 unspecified atom stereocenters. The Morgan fingerprint density at radius 1 is 1.19 bits per heavy atom. The minimum Gasteiger partial charge on any atom is -0.496 e. The lowest BCUT2D eigenvalue weighted by molar-refractivity contribution is 0.395. The number of nitrogens with one attached hydrogen (secondary N) is 1.